The number of nitrogen functional groups attached to an aromatic ring is 1. The number of nitrogens with zero attached hydrogens (tertiary/aromatic N) is 1. The Hall–Kier alpha value is -1.71. The first-order valence-corrected chi connectivity index (χ1v) is 7.37. The van der Waals surface area contributed by atoms with Crippen LogP contribution in [0.2, 0.25) is 0 Å². The second kappa shape index (κ2) is 6.16. The normalized spacial score (nSPS) is 22.4. The Bertz CT molecular complexity index is 479. The number of hydrogen-bond acceptors (Lipinski definition) is 3. The number of amides is 1. The van der Waals surface area contributed by atoms with E-state index in [0.717, 1.165) is 17.3 Å². The smallest absolute Gasteiger partial charge is 0.251 e. The highest BCUT2D eigenvalue weighted by atomic mass is 16.1. The van der Waals surface area contributed by atoms with Gasteiger partial charge in [-0.1, -0.05) is 6.92 Å². The molecule has 0 spiro atoms. The summed E-state index contributed by atoms with van der Waals surface area (Å²) in [4.78, 5) is 14.0. The third kappa shape index (κ3) is 3.06. The molecule has 0 aromatic heterocycles. The highest BCUT2D eigenvalue weighted by Crippen LogP contribution is 2.32. The van der Waals surface area contributed by atoms with Crippen LogP contribution in [0, 0.1) is 5.92 Å². The van der Waals surface area contributed by atoms with Gasteiger partial charge in [0.2, 0.25) is 0 Å². The fourth-order valence-electron chi connectivity index (χ4n) is 2.96. The molecule has 1 aliphatic carbocycles. The molecule has 1 saturated carbocycles. The topological polar surface area (TPSA) is 58.4 Å². The standard InChI is InChI=1S/C16H25N3O/c1-11-4-7-13(8-5-11)19(3)15-10-12(16(20)18-2)6-9-14(15)17/h6,9-11,13H,4-5,7-8,17H2,1-3H3,(H,18,20). The molecule has 2 rings (SSSR count). The Morgan fingerprint density at radius 2 is 1.95 bits per heavy atom. The van der Waals surface area contributed by atoms with Gasteiger partial charge in [-0.05, 0) is 49.8 Å². The second-order valence-electron chi connectivity index (χ2n) is 5.88. The SMILES string of the molecule is CNC(=O)c1ccc(N)c(N(C)C2CCC(C)CC2)c1. The van der Waals surface area contributed by atoms with E-state index < -0.39 is 0 Å². The van der Waals surface area contributed by atoms with Crippen LogP contribution in [-0.2, 0) is 0 Å². The lowest BCUT2D eigenvalue weighted by atomic mass is 9.86. The first kappa shape index (κ1) is 14.7. The zero-order valence-electron chi connectivity index (χ0n) is 12.6. The molecule has 1 fully saturated rings. The third-order valence-electron chi connectivity index (χ3n) is 4.43. The Morgan fingerprint density at radius 1 is 1.30 bits per heavy atom. The third-order valence-corrected chi connectivity index (χ3v) is 4.43. The van der Waals surface area contributed by atoms with Crippen molar-refractivity contribution in [3.8, 4) is 0 Å². The molecule has 0 atom stereocenters. The van der Waals surface area contributed by atoms with Crippen molar-refractivity contribution < 1.29 is 4.79 Å². The van der Waals surface area contributed by atoms with Crippen LogP contribution in [0.5, 0.6) is 0 Å². The number of rotatable bonds is 3. The summed E-state index contributed by atoms with van der Waals surface area (Å²) < 4.78 is 0. The van der Waals surface area contributed by atoms with Crippen LogP contribution in [0.1, 0.15) is 43.0 Å². The minimum Gasteiger partial charge on any atom is -0.397 e. The molecule has 1 aromatic carbocycles. The minimum atomic E-state index is -0.0723. The average molecular weight is 275 g/mol. The average Bonchev–Trinajstić information content (AvgIpc) is 2.47. The Labute approximate surface area is 121 Å². The van der Waals surface area contributed by atoms with Gasteiger partial charge in [0.1, 0.15) is 0 Å². The molecule has 4 nitrogen and oxygen atoms in total. The van der Waals surface area contributed by atoms with Gasteiger partial charge in [0.25, 0.3) is 5.91 Å². The van der Waals surface area contributed by atoms with E-state index in [4.69, 9.17) is 5.73 Å². The maximum absolute atomic E-state index is 11.7. The van der Waals surface area contributed by atoms with Crippen molar-refractivity contribution in [2.45, 2.75) is 38.6 Å². The Kier molecular flexibility index (Phi) is 4.53. The molecule has 3 N–H and O–H groups in total. The molecule has 4 heteroatoms. The Balaban J connectivity index is 2.20. The number of hydrogen-bond donors (Lipinski definition) is 2. The number of nitrogens with one attached hydrogen (secondary N) is 1. The molecule has 1 aliphatic rings. The maximum Gasteiger partial charge on any atom is 0.251 e. The van der Waals surface area contributed by atoms with Gasteiger partial charge in [-0.3, -0.25) is 4.79 Å². The molecule has 110 valence electrons. The monoisotopic (exact) mass is 275 g/mol. The zero-order valence-corrected chi connectivity index (χ0v) is 12.6. The van der Waals surface area contributed by atoms with Gasteiger partial charge in [-0.15, -0.1) is 0 Å². The van der Waals surface area contributed by atoms with Gasteiger partial charge in [-0.25, -0.2) is 0 Å². The van der Waals surface area contributed by atoms with Crippen molar-refractivity contribution in [1.29, 1.82) is 0 Å². The summed E-state index contributed by atoms with van der Waals surface area (Å²) in [6.07, 6.45) is 4.93. The highest BCUT2D eigenvalue weighted by Gasteiger charge is 2.23. The lowest BCUT2D eigenvalue weighted by Crippen LogP contribution is -2.35. The number of anilines is 2. The quantitative estimate of drug-likeness (QED) is 0.834. The molecule has 0 unspecified atom stereocenters. The lowest BCUT2D eigenvalue weighted by molar-refractivity contribution is 0.0963. The van der Waals surface area contributed by atoms with Crippen molar-refractivity contribution in [1.82, 2.24) is 5.32 Å². The van der Waals surface area contributed by atoms with Crippen LogP contribution >= 0.6 is 0 Å². The van der Waals surface area contributed by atoms with Crippen LogP contribution in [0.15, 0.2) is 18.2 Å². The summed E-state index contributed by atoms with van der Waals surface area (Å²) in [5.74, 6) is 0.756. The van der Waals surface area contributed by atoms with Crippen LogP contribution in [-0.4, -0.2) is 26.0 Å². The molecule has 0 saturated heterocycles. The predicted octanol–water partition coefficient (Wildman–Crippen LogP) is 2.64. The number of nitrogens with two attached hydrogens (primary N) is 1. The molecular formula is C16H25N3O. The molecule has 0 heterocycles. The molecule has 1 amide bonds. The van der Waals surface area contributed by atoms with Crippen molar-refractivity contribution in [2.75, 3.05) is 24.7 Å². The molecule has 0 radical (unpaired) electrons. The van der Waals surface area contributed by atoms with E-state index in [2.05, 4.69) is 24.2 Å². The van der Waals surface area contributed by atoms with E-state index in [0.29, 0.717) is 11.6 Å². The van der Waals surface area contributed by atoms with Gasteiger partial charge in [0, 0.05) is 25.7 Å². The van der Waals surface area contributed by atoms with E-state index in [1.807, 2.05) is 12.1 Å². The first-order valence-electron chi connectivity index (χ1n) is 7.37. The summed E-state index contributed by atoms with van der Waals surface area (Å²) in [7, 11) is 3.73. The van der Waals surface area contributed by atoms with Gasteiger partial charge in [0.15, 0.2) is 0 Å². The molecule has 0 aliphatic heterocycles. The van der Waals surface area contributed by atoms with Crippen molar-refractivity contribution in [2.24, 2.45) is 5.92 Å². The molecule has 0 bridgehead atoms. The van der Waals surface area contributed by atoms with Crippen LogP contribution < -0.4 is 16.0 Å². The van der Waals surface area contributed by atoms with E-state index in [-0.39, 0.29) is 5.91 Å². The number of benzene rings is 1. The highest BCUT2D eigenvalue weighted by molar-refractivity contribution is 5.96. The van der Waals surface area contributed by atoms with Crippen LogP contribution in [0.25, 0.3) is 0 Å². The van der Waals surface area contributed by atoms with Crippen LogP contribution in [0.3, 0.4) is 0 Å². The summed E-state index contributed by atoms with van der Waals surface area (Å²) in [6, 6.07) is 6.01. The van der Waals surface area contributed by atoms with Gasteiger partial charge >= 0.3 is 0 Å². The van der Waals surface area contributed by atoms with E-state index >= 15 is 0 Å². The zero-order chi connectivity index (χ0) is 14.7. The van der Waals surface area contributed by atoms with E-state index in [1.54, 1.807) is 13.1 Å². The summed E-state index contributed by atoms with van der Waals surface area (Å²) in [5, 5.41) is 2.65. The predicted molar refractivity (Wildman–Crippen MR) is 84.1 cm³/mol. The van der Waals surface area contributed by atoms with Crippen molar-refractivity contribution >= 4 is 17.3 Å². The molecular weight excluding hydrogens is 250 g/mol. The van der Waals surface area contributed by atoms with E-state index in [1.165, 1.54) is 25.7 Å². The summed E-state index contributed by atoms with van der Waals surface area (Å²) in [6.45, 7) is 2.32. The largest absolute Gasteiger partial charge is 0.397 e. The van der Waals surface area contributed by atoms with Crippen LogP contribution in [0.4, 0.5) is 11.4 Å². The Morgan fingerprint density at radius 3 is 2.55 bits per heavy atom. The number of carbonyl (C=O) groups excluding carboxylic acids is 1. The molecule has 1 aromatic rings. The minimum absolute atomic E-state index is 0.0723. The van der Waals surface area contributed by atoms with Crippen molar-refractivity contribution in [3.63, 3.8) is 0 Å². The van der Waals surface area contributed by atoms with E-state index in [9.17, 15) is 4.79 Å². The van der Waals surface area contributed by atoms with Gasteiger partial charge in [0.05, 0.1) is 11.4 Å². The second-order valence-corrected chi connectivity index (χ2v) is 5.88. The van der Waals surface area contributed by atoms with Crippen molar-refractivity contribution in [3.05, 3.63) is 23.8 Å². The molecule has 20 heavy (non-hydrogen) atoms. The van der Waals surface area contributed by atoms with Gasteiger partial charge in [-0.2, -0.15) is 0 Å². The summed E-state index contributed by atoms with van der Waals surface area (Å²) >= 11 is 0. The fraction of sp³-hybridized carbons (Fsp3) is 0.562. The number of carbonyl (C=O) groups is 1. The maximum atomic E-state index is 11.7. The first-order chi connectivity index (χ1) is 9.52. The fourth-order valence-corrected chi connectivity index (χ4v) is 2.96. The van der Waals surface area contributed by atoms with Gasteiger partial charge < -0.3 is 16.0 Å². The lowest BCUT2D eigenvalue weighted by Gasteiger charge is -2.35. The summed E-state index contributed by atoms with van der Waals surface area (Å²) in [5.41, 5.74) is 8.45.